The van der Waals surface area contributed by atoms with Crippen LogP contribution in [0.5, 0.6) is 11.5 Å². The van der Waals surface area contributed by atoms with Crippen molar-refractivity contribution in [1.82, 2.24) is 4.90 Å². The van der Waals surface area contributed by atoms with Crippen LogP contribution < -0.4 is 15.2 Å². The van der Waals surface area contributed by atoms with E-state index in [2.05, 4.69) is 9.12 Å². The Morgan fingerprint density at radius 1 is 1.35 bits per heavy atom. The second-order valence-corrected chi connectivity index (χ2v) is 9.20. The molecule has 2 aromatic carbocycles. The first-order valence-electron chi connectivity index (χ1n) is 9.96. The Kier molecular flexibility index (Phi) is 5.48. The minimum atomic E-state index is -3.85. The summed E-state index contributed by atoms with van der Waals surface area (Å²) in [5.41, 5.74) is 7.89. The molecule has 1 fully saturated rings. The molecule has 10 heteroatoms. The van der Waals surface area contributed by atoms with Crippen LogP contribution in [0, 0.1) is 12.8 Å². The summed E-state index contributed by atoms with van der Waals surface area (Å²) < 4.78 is 35.3. The number of piperidine rings is 1. The molecule has 0 radical (unpaired) electrons. The molecule has 0 aliphatic carbocycles. The zero-order chi connectivity index (χ0) is 22.2. The predicted molar refractivity (Wildman–Crippen MR) is 117 cm³/mol. The second-order valence-electron chi connectivity index (χ2n) is 7.86. The van der Waals surface area contributed by atoms with Crippen molar-refractivity contribution in [3.63, 3.8) is 0 Å². The third kappa shape index (κ3) is 4.58. The lowest BCUT2D eigenvalue weighted by Crippen LogP contribution is -2.41. The number of anilines is 1. The maximum Gasteiger partial charge on any atom is 0.344 e. The molecule has 2 heterocycles. The number of fused-ring (bicyclic) bond motifs is 1. The van der Waals surface area contributed by atoms with Gasteiger partial charge in [0.2, 0.25) is 0 Å². The quantitative estimate of drug-likeness (QED) is 0.660. The number of benzene rings is 2. The number of phenols is 1. The molecule has 1 saturated heterocycles. The number of nitrogens with two attached hydrogens (primary N) is 1. The van der Waals surface area contributed by atoms with E-state index in [0.717, 1.165) is 18.4 Å². The van der Waals surface area contributed by atoms with E-state index < -0.39 is 10.2 Å². The van der Waals surface area contributed by atoms with Crippen LogP contribution in [0.2, 0.25) is 0 Å². The van der Waals surface area contributed by atoms with E-state index >= 15 is 0 Å². The van der Waals surface area contributed by atoms with Gasteiger partial charge in [-0.3, -0.25) is 9.52 Å². The van der Waals surface area contributed by atoms with Gasteiger partial charge in [-0.2, -0.15) is 8.42 Å². The summed E-state index contributed by atoms with van der Waals surface area (Å²) in [5.74, 6) is 0.373. The van der Waals surface area contributed by atoms with Crippen LogP contribution in [-0.2, 0) is 10.2 Å². The van der Waals surface area contributed by atoms with Gasteiger partial charge in [0.15, 0.2) is 5.84 Å². The van der Waals surface area contributed by atoms with Crippen molar-refractivity contribution in [3.8, 4) is 11.5 Å². The number of carbonyl (C=O) groups excluding carboxylic acids is 1. The van der Waals surface area contributed by atoms with Gasteiger partial charge in [0.05, 0.1) is 17.9 Å². The average Bonchev–Trinajstić information content (AvgIpc) is 2.70. The van der Waals surface area contributed by atoms with Gasteiger partial charge in [-0.25, -0.2) is 0 Å². The van der Waals surface area contributed by atoms with Crippen LogP contribution in [-0.4, -0.2) is 49.9 Å². The summed E-state index contributed by atoms with van der Waals surface area (Å²) in [7, 11) is -3.85. The lowest BCUT2D eigenvalue weighted by Gasteiger charge is -2.33. The minimum Gasteiger partial charge on any atom is -0.508 e. The summed E-state index contributed by atoms with van der Waals surface area (Å²) in [6.45, 7) is 3.35. The zero-order valence-electron chi connectivity index (χ0n) is 17.0. The van der Waals surface area contributed by atoms with Crippen LogP contribution >= 0.6 is 0 Å². The van der Waals surface area contributed by atoms with Crippen LogP contribution in [0.3, 0.4) is 0 Å². The molecular weight excluding hydrogens is 420 g/mol. The molecule has 2 aliphatic heterocycles. The third-order valence-electron chi connectivity index (χ3n) is 5.33. The molecule has 2 aromatic rings. The highest BCUT2D eigenvalue weighted by Gasteiger charge is 2.27. The minimum absolute atomic E-state index is 0.0731. The number of nitrogens with zero attached hydrogens (tertiary/aromatic N) is 2. The molecule has 2 aliphatic rings. The van der Waals surface area contributed by atoms with Crippen molar-refractivity contribution in [1.29, 1.82) is 0 Å². The molecular formula is C21H24N4O5S. The molecule has 1 atom stereocenters. The first kappa shape index (κ1) is 21.0. The molecule has 164 valence electrons. The maximum absolute atomic E-state index is 12.9. The molecule has 0 aromatic heterocycles. The largest absolute Gasteiger partial charge is 0.508 e. The number of carbonyl (C=O) groups is 1. The Labute approximate surface area is 180 Å². The first-order chi connectivity index (χ1) is 14.7. The molecule has 0 spiro atoms. The van der Waals surface area contributed by atoms with Gasteiger partial charge in [-0.1, -0.05) is 6.07 Å². The molecule has 0 bridgehead atoms. The van der Waals surface area contributed by atoms with Crippen LogP contribution in [0.1, 0.15) is 34.3 Å². The maximum atomic E-state index is 12.9. The number of rotatable bonds is 4. The number of aromatic hydroxyl groups is 1. The number of phenolic OH excluding ortho intramolecular Hbond substituents is 1. The standard InChI is InChI=1S/C21H24N4O5S/c1-13-8-15(10-16(26)9-13)21(27)25-7-3-4-14(11-25)12-30-18-6-2-5-17-19(18)20(22)24-31(28,29)23-17/h2,5-6,8-10,14,23,26H,3-4,7,11-12H2,1H3,(H2,22,24)/t14-/m0/s1. The molecule has 9 nitrogen and oxygen atoms in total. The van der Waals surface area contributed by atoms with E-state index in [1.54, 1.807) is 35.2 Å². The predicted octanol–water partition coefficient (Wildman–Crippen LogP) is 2.01. The smallest absolute Gasteiger partial charge is 0.344 e. The fourth-order valence-electron chi connectivity index (χ4n) is 4.00. The van der Waals surface area contributed by atoms with E-state index in [4.69, 9.17) is 10.5 Å². The summed E-state index contributed by atoms with van der Waals surface area (Å²) in [4.78, 5) is 14.7. The van der Waals surface area contributed by atoms with Gasteiger partial charge in [-0.15, -0.1) is 4.40 Å². The van der Waals surface area contributed by atoms with Gasteiger partial charge >= 0.3 is 10.2 Å². The van der Waals surface area contributed by atoms with Gasteiger partial charge < -0.3 is 20.5 Å². The highest BCUT2D eigenvalue weighted by atomic mass is 32.2. The number of hydrogen-bond donors (Lipinski definition) is 3. The normalized spacial score (nSPS) is 19.7. The highest BCUT2D eigenvalue weighted by Crippen LogP contribution is 2.31. The van der Waals surface area contributed by atoms with Gasteiger partial charge in [-0.05, 0) is 55.7 Å². The van der Waals surface area contributed by atoms with E-state index in [1.807, 2.05) is 6.92 Å². The molecule has 31 heavy (non-hydrogen) atoms. The summed E-state index contributed by atoms with van der Waals surface area (Å²) in [6, 6.07) is 9.84. The fourth-order valence-corrected chi connectivity index (χ4v) is 4.84. The molecule has 4 rings (SSSR count). The van der Waals surface area contributed by atoms with Gasteiger partial charge in [0.25, 0.3) is 5.91 Å². The average molecular weight is 445 g/mol. The molecule has 0 saturated carbocycles. The highest BCUT2D eigenvalue weighted by molar-refractivity contribution is 7.91. The van der Waals surface area contributed by atoms with Gasteiger partial charge in [0, 0.05) is 24.6 Å². The van der Waals surface area contributed by atoms with Crippen molar-refractivity contribution in [2.45, 2.75) is 19.8 Å². The second kappa shape index (κ2) is 8.10. The summed E-state index contributed by atoms with van der Waals surface area (Å²) in [6.07, 6.45) is 1.74. The van der Waals surface area contributed by atoms with E-state index in [0.29, 0.717) is 42.3 Å². The number of amides is 1. The Bertz CT molecular complexity index is 1140. The van der Waals surface area contributed by atoms with Crippen molar-refractivity contribution in [3.05, 3.63) is 53.1 Å². The Morgan fingerprint density at radius 3 is 2.94 bits per heavy atom. The number of hydrogen-bond acceptors (Lipinski definition) is 6. The van der Waals surface area contributed by atoms with E-state index in [1.165, 1.54) is 6.07 Å². The monoisotopic (exact) mass is 444 g/mol. The first-order valence-corrected chi connectivity index (χ1v) is 11.4. The summed E-state index contributed by atoms with van der Waals surface area (Å²) >= 11 is 0. The molecule has 1 amide bonds. The zero-order valence-corrected chi connectivity index (χ0v) is 17.9. The number of nitrogens with one attached hydrogen (secondary N) is 1. The van der Waals surface area contributed by atoms with Crippen LogP contribution in [0.15, 0.2) is 40.8 Å². The van der Waals surface area contributed by atoms with E-state index in [-0.39, 0.29) is 23.4 Å². The Hall–Kier alpha value is -3.27. The number of aryl methyl sites for hydroxylation is 1. The lowest BCUT2D eigenvalue weighted by molar-refractivity contribution is 0.0633. The van der Waals surface area contributed by atoms with E-state index in [9.17, 15) is 18.3 Å². The fraction of sp³-hybridized carbons (Fsp3) is 0.333. The Morgan fingerprint density at radius 2 is 2.16 bits per heavy atom. The van der Waals surface area contributed by atoms with Gasteiger partial charge in [0.1, 0.15) is 11.5 Å². The third-order valence-corrected chi connectivity index (χ3v) is 6.24. The van der Waals surface area contributed by atoms with Crippen molar-refractivity contribution in [2.24, 2.45) is 16.0 Å². The van der Waals surface area contributed by atoms with Crippen molar-refractivity contribution in [2.75, 3.05) is 24.4 Å². The SMILES string of the molecule is Cc1cc(O)cc(C(=O)N2CCC[C@H](COc3cccc4c3C(N)=NS(=O)(=O)N4)C2)c1. The molecule has 4 N–H and O–H groups in total. The number of amidine groups is 1. The van der Waals surface area contributed by atoms with Crippen LogP contribution in [0.25, 0.3) is 0 Å². The lowest BCUT2D eigenvalue weighted by atomic mass is 9.98. The van der Waals surface area contributed by atoms with Crippen LogP contribution in [0.4, 0.5) is 5.69 Å². The molecule has 0 unspecified atom stereocenters. The topological polar surface area (TPSA) is 134 Å². The van der Waals surface area contributed by atoms with Crippen molar-refractivity contribution < 1.29 is 23.1 Å². The summed E-state index contributed by atoms with van der Waals surface area (Å²) in [5, 5.41) is 9.80. The Balaban J connectivity index is 1.45. The number of ether oxygens (including phenoxy) is 1. The van der Waals surface area contributed by atoms with Crippen molar-refractivity contribution >= 4 is 27.6 Å². The number of likely N-dealkylation sites (tertiary alicyclic amines) is 1.